The zero-order valence-corrected chi connectivity index (χ0v) is 17.6. The molecule has 0 aliphatic carbocycles. The predicted molar refractivity (Wildman–Crippen MR) is 110 cm³/mol. The van der Waals surface area contributed by atoms with E-state index < -0.39 is 18.0 Å². The van der Waals surface area contributed by atoms with E-state index in [1.165, 1.54) is 11.0 Å². The predicted octanol–water partition coefficient (Wildman–Crippen LogP) is 1.59. The first kappa shape index (κ1) is 21.2. The third-order valence-corrected chi connectivity index (χ3v) is 4.48. The van der Waals surface area contributed by atoms with Crippen molar-refractivity contribution < 1.29 is 11.0 Å². The van der Waals surface area contributed by atoms with Crippen LogP contribution in [0.15, 0.2) is 24.5 Å². The van der Waals surface area contributed by atoms with Crippen LogP contribution >= 0.6 is 11.6 Å². The summed E-state index contributed by atoms with van der Waals surface area (Å²) < 4.78 is 9.01. The average Bonchev–Trinajstić information content (AvgIpc) is 3.24. The smallest absolute Gasteiger partial charge is 0.242 e. The van der Waals surface area contributed by atoms with Crippen molar-refractivity contribution in [3.8, 4) is 5.69 Å². The fraction of sp³-hybridized carbons (Fsp3) is 0.526. The third kappa shape index (κ3) is 6.79. The minimum Gasteiger partial charge on any atom is -0.350 e. The molecule has 9 nitrogen and oxygen atoms in total. The first-order valence-corrected chi connectivity index (χ1v) is 9.69. The summed E-state index contributed by atoms with van der Waals surface area (Å²) in [7, 11) is 0. The van der Waals surface area contributed by atoms with Gasteiger partial charge in [0.15, 0.2) is 0 Å². The SMILES string of the molecule is [2H]CC(C)(C)C[C@H](N)C(=O)N[C@@H](CC)C(=O)NCc1cc(Cl)ccc1-n1cnnn1. The Morgan fingerprint density at radius 3 is 2.76 bits per heavy atom. The van der Waals surface area contributed by atoms with E-state index in [4.69, 9.17) is 18.7 Å². The molecule has 0 aliphatic rings. The molecular formula is C19H28ClN7O2. The van der Waals surface area contributed by atoms with Gasteiger partial charge in [-0.2, -0.15) is 0 Å². The molecule has 0 fully saturated rings. The molecule has 1 aromatic carbocycles. The highest BCUT2D eigenvalue weighted by Gasteiger charge is 2.25. The molecular weight excluding hydrogens is 394 g/mol. The van der Waals surface area contributed by atoms with E-state index in [0.29, 0.717) is 23.6 Å². The van der Waals surface area contributed by atoms with E-state index in [0.717, 1.165) is 5.56 Å². The largest absolute Gasteiger partial charge is 0.350 e. The zero-order valence-electron chi connectivity index (χ0n) is 17.9. The molecule has 1 heterocycles. The van der Waals surface area contributed by atoms with Crippen molar-refractivity contribution in [1.82, 2.24) is 30.8 Å². The number of aromatic nitrogens is 4. The van der Waals surface area contributed by atoms with Gasteiger partial charge in [-0.3, -0.25) is 9.59 Å². The van der Waals surface area contributed by atoms with E-state index in [1.54, 1.807) is 25.1 Å². The number of tetrazole rings is 1. The summed E-state index contributed by atoms with van der Waals surface area (Å²) in [6, 6.07) is 3.67. The lowest BCUT2D eigenvalue weighted by atomic mass is 9.88. The molecule has 2 amide bonds. The highest BCUT2D eigenvalue weighted by Crippen LogP contribution is 2.20. The average molecular weight is 423 g/mol. The van der Waals surface area contributed by atoms with Crippen LogP contribution in [0.5, 0.6) is 0 Å². The van der Waals surface area contributed by atoms with Crippen LogP contribution in [0.25, 0.3) is 5.69 Å². The number of nitrogens with one attached hydrogen (secondary N) is 2. The second-order valence-corrected chi connectivity index (χ2v) is 8.13. The number of rotatable bonds is 8. The van der Waals surface area contributed by atoms with Gasteiger partial charge in [0, 0.05) is 12.9 Å². The van der Waals surface area contributed by atoms with Crippen molar-refractivity contribution in [1.29, 1.82) is 0 Å². The molecule has 2 rings (SSSR count). The number of hydrogen-bond donors (Lipinski definition) is 3. The quantitative estimate of drug-likeness (QED) is 0.592. The highest BCUT2D eigenvalue weighted by atomic mass is 35.5. The van der Waals surface area contributed by atoms with E-state index in [2.05, 4.69) is 26.2 Å². The maximum absolute atomic E-state index is 12.7. The first-order valence-electron chi connectivity index (χ1n) is 10.0. The van der Waals surface area contributed by atoms with Crippen molar-refractivity contribution in [3.63, 3.8) is 0 Å². The summed E-state index contributed by atoms with van der Waals surface area (Å²) in [4.78, 5) is 25.1. The Morgan fingerprint density at radius 1 is 1.38 bits per heavy atom. The minimum atomic E-state index is -0.786. The number of carbonyl (C=O) groups excluding carboxylic acids is 2. The normalized spacial score (nSPS) is 14.0. The van der Waals surface area contributed by atoms with Gasteiger partial charge >= 0.3 is 0 Å². The summed E-state index contributed by atoms with van der Waals surface area (Å²) in [6.07, 6.45) is 2.21. The number of amides is 2. The van der Waals surface area contributed by atoms with Gasteiger partial charge in [-0.05, 0) is 52.4 Å². The van der Waals surface area contributed by atoms with Gasteiger partial charge in [-0.15, -0.1) is 5.10 Å². The fourth-order valence-electron chi connectivity index (χ4n) is 2.82. The summed E-state index contributed by atoms with van der Waals surface area (Å²) in [6.45, 7) is 5.90. The van der Waals surface area contributed by atoms with E-state index in [9.17, 15) is 9.59 Å². The first-order chi connectivity index (χ1) is 14.2. The lowest BCUT2D eigenvalue weighted by Crippen LogP contribution is -2.51. The van der Waals surface area contributed by atoms with Crippen molar-refractivity contribution >= 4 is 23.4 Å². The third-order valence-electron chi connectivity index (χ3n) is 4.24. The number of nitrogens with zero attached hydrogens (tertiary/aromatic N) is 4. The lowest BCUT2D eigenvalue weighted by molar-refractivity contribution is -0.130. The Bertz CT molecular complexity index is 861. The second-order valence-electron chi connectivity index (χ2n) is 7.69. The van der Waals surface area contributed by atoms with E-state index in [1.807, 2.05) is 13.8 Å². The molecule has 0 spiro atoms. The standard InChI is InChI=1S/C19H28ClN7O2/c1-5-15(24-17(28)14(21)9-19(2,3)4)18(29)22-10-12-8-13(20)6-7-16(12)27-11-23-25-26-27/h6-8,11,14-15H,5,9-10,21H2,1-4H3,(H,22,29)(H,24,28)/t14-,15-/m0/s1/i2D. The number of benzene rings is 1. The monoisotopic (exact) mass is 422 g/mol. The molecule has 0 bridgehead atoms. The molecule has 29 heavy (non-hydrogen) atoms. The fourth-order valence-corrected chi connectivity index (χ4v) is 3.01. The molecule has 0 saturated carbocycles. The molecule has 2 aromatic rings. The van der Waals surface area contributed by atoms with Crippen LogP contribution in [0.2, 0.25) is 5.02 Å². The molecule has 2 atom stereocenters. The number of halogens is 1. The van der Waals surface area contributed by atoms with Crippen molar-refractivity contribution in [3.05, 3.63) is 35.1 Å². The summed E-state index contributed by atoms with van der Waals surface area (Å²) in [5, 5.41) is 17.1. The Morgan fingerprint density at radius 2 is 2.14 bits per heavy atom. The van der Waals surface area contributed by atoms with Gasteiger partial charge in [0.25, 0.3) is 0 Å². The summed E-state index contributed by atoms with van der Waals surface area (Å²) >= 11 is 6.09. The number of carbonyl (C=O) groups is 2. The van der Waals surface area contributed by atoms with Crippen molar-refractivity contribution in [2.75, 3.05) is 0 Å². The minimum absolute atomic E-state index is 0.162. The Labute approximate surface area is 176 Å². The Hall–Kier alpha value is -2.52. The Kier molecular flexibility index (Phi) is 7.16. The molecule has 158 valence electrons. The van der Waals surface area contributed by atoms with Gasteiger partial charge in [0.1, 0.15) is 12.4 Å². The van der Waals surface area contributed by atoms with Gasteiger partial charge in [-0.25, -0.2) is 4.68 Å². The van der Waals surface area contributed by atoms with E-state index in [-0.39, 0.29) is 24.8 Å². The van der Waals surface area contributed by atoms with Gasteiger partial charge in [0.05, 0.1) is 11.7 Å². The molecule has 1 aromatic heterocycles. The second kappa shape index (κ2) is 9.80. The number of hydrogen-bond acceptors (Lipinski definition) is 6. The zero-order chi connectivity index (χ0) is 22.3. The van der Waals surface area contributed by atoms with Crippen LogP contribution in [-0.2, 0) is 16.1 Å². The van der Waals surface area contributed by atoms with E-state index >= 15 is 0 Å². The molecule has 0 unspecified atom stereocenters. The van der Waals surface area contributed by atoms with Crippen LogP contribution in [0.1, 0.15) is 47.4 Å². The van der Waals surface area contributed by atoms with Gasteiger partial charge in [0.2, 0.25) is 11.8 Å². The highest BCUT2D eigenvalue weighted by molar-refractivity contribution is 6.30. The van der Waals surface area contributed by atoms with Crippen LogP contribution in [0.4, 0.5) is 0 Å². The van der Waals surface area contributed by atoms with Crippen LogP contribution < -0.4 is 16.4 Å². The van der Waals surface area contributed by atoms with Crippen LogP contribution in [0.3, 0.4) is 0 Å². The van der Waals surface area contributed by atoms with Crippen molar-refractivity contribution in [2.45, 2.75) is 59.1 Å². The van der Waals surface area contributed by atoms with Crippen LogP contribution in [-0.4, -0.2) is 44.1 Å². The lowest BCUT2D eigenvalue weighted by Gasteiger charge is -2.24. The van der Waals surface area contributed by atoms with Gasteiger partial charge < -0.3 is 16.4 Å². The topological polar surface area (TPSA) is 128 Å². The molecule has 10 heteroatoms. The number of nitrogens with two attached hydrogens (primary N) is 1. The summed E-state index contributed by atoms with van der Waals surface area (Å²) in [5.74, 6) is -0.740. The van der Waals surface area contributed by atoms with Crippen molar-refractivity contribution in [2.24, 2.45) is 11.1 Å². The molecule has 0 saturated heterocycles. The van der Waals surface area contributed by atoms with Crippen LogP contribution in [0, 0.1) is 5.41 Å². The maximum atomic E-state index is 12.7. The summed E-state index contributed by atoms with van der Waals surface area (Å²) in [5.41, 5.74) is 7.00. The molecule has 4 N–H and O–H groups in total. The molecule has 0 radical (unpaired) electrons. The maximum Gasteiger partial charge on any atom is 0.242 e. The van der Waals surface area contributed by atoms with Gasteiger partial charge in [-0.1, -0.05) is 39.3 Å². The molecule has 0 aliphatic heterocycles. The Balaban J connectivity index is 2.01.